The fraction of sp³-hybridized carbons (Fsp3) is 0.407. The van der Waals surface area contributed by atoms with Crippen molar-refractivity contribution in [2.75, 3.05) is 18.7 Å². The molecule has 2 heterocycles. The molecule has 0 saturated heterocycles. The van der Waals surface area contributed by atoms with Gasteiger partial charge in [-0.15, -0.1) is 24.8 Å². The van der Waals surface area contributed by atoms with Crippen LogP contribution in [-0.2, 0) is 14.3 Å². The van der Waals surface area contributed by atoms with Crippen molar-refractivity contribution in [2.24, 2.45) is 5.73 Å². The Hall–Kier alpha value is -3.94. The normalized spacial score (nSPS) is 12.8. The maximum absolute atomic E-state index is 13.5. The van der Waals surface area contributed by atoms with Crippen molar-refractivity contribution >= 4 is 65.7 Å². The Morgan fingerprint density at radius 1 is 1.17 bits per heavy atom. The zero-order valence-electron chi connectivity index (χ0n) is 23.7. The molecule has 15 heteroatoms. The van der Waals surface area contributed by atoms with E-state index in [-0.39, 0.29) is 48.9 Å². The van der Waals surface area contributed by atoms with E-state index in [0.717, 1.165) is 23.3 Å². The molecule has 42 heavy (non-hydrogen) atoms. The minimum Gasteiger partial charge on any atom is -0.427 e. The number of ether oxygens (including phenoxy) is 2. The highest BCUT2D eigenvalue weighted by molar-refractivity contribution is 6.05. The number of rotatable bonds is 10. The summed E-state index contributed by atoms with van der Waals surface area (Å²) in [6.45, 7) is 6.29. The van der Waals surface area contributed by atoms with Crippen molar-refractivity contribution in [1.29, 1.82) is 0 Å². The molecule has 4 N–H and O–H groups in total. The lowest BCUT2D eigenvalue weighted by Gasteiger charge is -2.19. The van der Waals surface area contributed by atoms with Gasteiger partial charge in [0.15, 0.2) is 5.82 Å². The standard InChI is InChI=1S/C27H33N7O6.2ClH/c1-5-10-33(27(38)40-14-39-26(37)17(4)28)25(36)20-12-34-22(16(20)3)23(29-13-30-34)32-21-11-18(7-6-15(21)2)24(35)31-19-8-9-19;;/h6-7,11-13,17,19H,5,8-10,14,28H2,1-4H3,(H,31,35)(H,29,30,32);2*1H/t17-;;/m0../s1. The molecule has 13 nitrogen and oxygen atoms in total. The van der Waals surface area contributed by atoms with Gasteiger partial charge in [0.1, 0.15) is 17.9 Å². The van der Waals surface area contributed by atoms with Crippen LogP contribution in [0, 0.1) is 13.8 Å². The predicted octanol–water partition coefficient (Wildman–Crippen LogP) is 3.66. The van der Waals surface area contributed by atoms with Crippen LogP contribution < -0.4 is 16.4 Å². The van der Waals surface area contributed by atoms with Crippen LogP contribution in [0.3, 0.4) is 0 Å². The number of hydrogen-bond donors (Lipinski definition) is 3. The van der Waals surface area contributed by atoms with Gasteiger partial charge in [0, 0.05) is 30.0 Å². The monoisotopic (exact) mass is 623 g/mol. The average Bonchev–Trinajstić information content (AvgIpc) is 3.67. The summed E-state index contributed by atoms with van der Waals surface area (Å²) in [5.74, 6) is -1.06. The van der Waals surface area contributed by atoms with E-state index in [0.29, 0.717) is 34.6 Å². The molecule has 0 bridgehead atoms. The van der Waals surface area contributed by atoms with Crippen LogP contribution in [0.4, 0.5) is 16.3 Å². The number of aromatic nitrogens is 3. The Kier molecular flexibility index (Phi) is 12.1. The van der Waals surface area contributed by atoms with Gasteiger partial charge in [-0.3, -0.25) is 14.4 Å². The molecule has 0 aliphatic heterocycles. The fourth-order valence-electron chi connectivity index (χ4n) is 3.98. The van der Waals surface area contributed by atoms with Gasteiger partial charge in [-0.1, -0.05) is 13.0 Å². The number of anilines is 2. The fourth-order valence-corrected chi connectivity index (χ4v) is 3.98. The van der Waals surface area contributed by atoms with Gasteiger partial charge in [0.2, 0.25) is 6.79 Å². The Balaban J connectivity index is 0.00000308. The van der Waals surface area contributed by atoms with E-state index >= 15 is 0 Å². The predicted molar refractivity (Wildman–Crippen MR) is 160 cm³/mol. The van der Waals surface area contributed by atoms with Crippen molar-refractivity contribution in [3.05, 3.63) is 53.0 Å². The maximum atomic E-state index is 13.5. The van der Waals surface area contributed by atoms with Gasteiger partial charge in [0.25, 0.3) is 11.8 Å². The lowest BCUT2D eigenvalue weighted by atomic mass is 10.1. The molecule has 1 saturated carbocycles. The Labute approximate surface area is 255 Å². The molecule has 1 aromatic carbocycles. The number of amides is 3. The first-order valence-corrected chi connectivity index (χ1v) is 13.0. The van der Waals surface area contributed by atoms with Crippen LogP contribution in [-0.4, -0.2) is 68.8 Å². The van der Waals surface area contributed by atoms with E-state index in [2.05, 4.69) is 20.7 Å². The summed E-state index contributed by atoms with van der Waals surface area (Å²) in [6, 6.07) is 4.74. The number of carbonyl (C=O) groups excluding carboxylic acids is 4. The Morgan fingerprint density at radius 2 is 1.88 bits per heavy atom. The van der Waals surface area contributed by atoms with Gasteiger partial charge in [0.05, 0.1) is 5.56 Å². The van der Waals surface area contributed by atoms with Crippen LogP contribution in [0.2, 0.25) is 0 Å². The van der Waals surface area contributed by atoms with E-state index in [1.165, 1.54) is 24.0 Å². The van der Waals surface area contributed by atoms with E-state index in [1.807, 2.05) is 19.9 Å². The highest BCUT2D eigenvalue weighted by atomic mass is 35.5. The SMILES string of the molecule is CCCN(C(=O)OCOC(=O)[C@H](C)N)C(=O)c1cn2ncnc(Nc3cc(C(=O)NC4CC4)ccc3C)c2c1C.Cl.Cl. The van der Waals surface area contributed by atoms with E-state index in [9.17, 15) is 19.2 Å². The molecule has 228 valence electrons. The first-order chi connectivity index (χ1) is 19.1. The molecular weight excluding hydrogens is 589 g/mol. The van der Waals surface area contributed by atoms with E-state index in [1.54, 1.807) is 19.1 Å². The maximum Gasteiger partial charge on any atom is 0.419 e. The topological polar surface area (TPSA) is 170 Å². The number of nitrogens with one attached hydrogen (secondary N) is 2. The average molecular weight is 625 g/mol. The third kappa shape index (κ3) is 7.87. The number of benzene rings is 1. The van der Waals surface area contributed by atoms with Crippen LogP contribution in [0.5, 0.6) is 0 Å². The Morgan fingerprint density at radius 3 is 2.52 bits per heavy atom. The summed E-state index contributed by atoms with van der Waals surface area (Å²) in [6.07, 6.45) is 4.35. The molecule has 1 aliphatic rings. The number of aryl methyl sites for hydroxylation is 2. The van der Waals surface area contributed by atoms with Crippen molar-refractivity contribution < 1.29 is 28.7 Å². The minimum atomic E-state index is -0.958. The number of carbonyl (C=O) groups is 4. The summed E-state index contributed by atoms with van der Waals surface area (Å²) < 4.78 is 11.3. The quantitative estimate of drug-likeness (QED) is 0.223. The summed E-state index contributed by atoms with van der Waals surface area (Å²) in [5.41, 5.74) is 8.79. The second-order valence-electron chi connectivity index (χ2n) is 9.71. The molecule has 1 atom stereocenters. The summed E-state index contributed by atoms with van der Waals surface area (Å²) >= 11 is 0. The first kappa shape index (κ1) is 34.3. The van der Waals surface area contributed by atoms with Crippen LogP contribution in [0.15, 0.2) is 30.7 Å². The molecule has 3 amide bonds. The van der Waals surface area contributed by atoms with Gasteiger partial charge in [-0.25, -0.2) is 19.2 Å². The number of fused-ring (bicyclic) bond motifs is 1. The number of imide groups is 1. The number of hydrogen-bond acceptors (Lipinski definition) is 10. The molecule has 4 rings (SSSR count). The van der Waals surface area contributed by atoms with Crippen LogP contribution in [0.1, 0.15) is 65.0 Å². The lowest BCUT2D eigenvalue weighted by Crippen LogP contribution is -2.39. The summed E-state index contributed by atoms with van der Waals surface area (Å²) in [7, 11) is 0. The Bertz CT molecular complexity index is 1460. The van der Waals surface area contributed by atoms with Gasteiger partial charge in [-0.05, 0) is 63.3 Å². The molecule has 0 spiro atoms. The third-order valence-corrected chi connectivity index (χ3v) is 6.39. The second kappa shape index (κ2) is 14.8. The van der Waals surface area contributed by atoms with Gasteiger partial charge >= 0.3 is 12.1 Å². The number of halogens is 2. The van der Waals surface area contributed by atoms with Crippen LogP contribution in [0.25, 0.3) is 5.52 Å². The minimum absolute atomic E-state index is 0. The molecule has 0 radical (unpaired) electrons. The lowest BCUT2D eigenvalue weighted by molar-refractivity contribution is -0.153. The highest BCUT2D eigenvalue weighted by Crippen LogP contribution is 2.28. The summed E-state index contributed by atoms with van der Waals surface area (Å²) in [4.78, 5) is 55.6. The third-order valence-electron chi connectivity index (χ3n) is 6.39. The summed E-state index contributed by atoms with van der Waals surface area (Å²) in [5, 5.41) is 10.5. The number of nitrogens with two attached hydrogens (primary N) is 1. The molecule has 1 fully saturated rings. The van der Waals surface area contributed by atoms with E-state index < -0.39 is 30.8 Å². The van der Waals surface area contributed by atoms with Crippen molar-refractivity contribution in [1.82, 2.24) is 24.8 Å². The van der Waals surface area contributed by atoms with Gasteiger partial charge in [-0.2, -0.15) is 5.10 Å². The first-order valence-electron chi connectivity index (χ1n) is 13.0. The van der Waals surface area contributed by atoms with Crippen molar-refractivity contribution in [2.45, 2.75) is 59.0 Å². The smallest absolute Gasteiger partial charge is 0.419 e. The second-order valence-corrected chi connectivity index (χ2v) is 9.71. The molecule has 0 unspecified atom stereocenters. The van der Waals surface area contributed by atoms with Crippen LogP contribution >= 0.6 is 24.8 Å². The largest absolute Gasteiger partial charge is 0.427 e. The zero-order valence-corrected chi connectivity index (χ0v) is 25.3. The highest BCUT2D eigenvalue weighted by Gasteiger charge is 2.28. The van der Waals surface area contributed by atoms with Crippen molar-refractivity contribution in [3.8, 4) is 0 Å². The number of esters is 1. The van der Waals surface area contributed by atoms with Crippen molar-refractivity contribution in [3.63, 3.8) is 0 Å². The van der Waals surface area contributed by atoms with E-state index in [4.69, 9.17) is 15.2 Å². The molecule has 3 aromatic rings. The number of nitrogens with zero attached hydrogens (tertiary/aromatic N) is 4. The molecule has 1 aliphatic carbocycles. The zero-order chi connectivity index (χ0) is 29.0. The van der Waals surface area contributed by atoms with Gasteiger partial charge < -0.3 is 25.8 Å². The molecular formula is C27H35Cl2N7O6. The molecule has 2 aromatic heterocycles.